The topological polar surface area (TPSA) is 33.7 Å². The molecule has 1 aliphatic heterocycles. The lowest BCUT2D eigenvalue weighted by Crippen LogP contribution is -2.42. The first kappa shape index (κ1) is 16.1. The summed E-state index contributed by atoms with van der Waals surface area (Å²) in [5.41, 5.74) is 1.27. The number of methoxy groups -OCH3 is 2. The Morgan fingerprint density at radius 1 is 1.19 bits per heavy atom. The standard InChI is InChI=1S/C17H28N2O2/c1-5-15(18-14-8-10-19(2)11-9-14)13-6-7-16(20-3)17(12-13)21-4/h6-7,12,14-15,18H,5,8-11H2,1-4H3. The molecule has 0 aromatic heterocycles. The van der Waals surface area contributed by atoms with Crippen molar-refractivity contribution in [2.24, 2.45) is 0 Å². The van der Waals surface area contributed by atoms with E-state index in [2.05, 4.69) is 36.3 Å². The van der Waals surface area contributed by atoms with Gasteiger partial charge in [-0.1, -0.05) is 13.0 Å². The zero-order valence-corrected chi connectivity index (χ0v) is 13.7. The van der Waals surface area contributed by atoms with E-state index in [4.69, 9.17) is 9.47 Å². The van der Waals surface area contributed by atoms with E-state index in [1.807, 2.05) is 6.07 Å². The van der Waals surface area contributed by atoms with Gasteiger partial charge < -0.3 is 19.7 Å². The summed E-state index contributed by atoms with van der Waals surface area (Å²) in [6.45, 7) is 4.59. The highest BCUT2D eigenvalue weighted by Gasteiger charge is 2.20. The fourth-order valence-electron chi connectivity index (χ4n) is 2.98. The Labute approximate surface area is 128 Å². The highest BCUT2D eigenvalue weighted by molar-refractivity contribution is 5.43. The van der Waals surface area contributed by atoms with Gasteiger partial charge in [-0.2, -0.15) is 0 Å². The van der Waals surface area contributed by atoms with Gasteiger partial charge in [-0.15, -0.1) is 0 Å². The number of likely N-dealkylation sites (tertiary alicyclic amines) is 1. The summed E-state index contributed by atoms with van der Waals surface area (Å²) >= 11 is 0. The van der Waals surface area contributed by atoms with Crippen molar-refractivity contribution in [3.8, 4) is 11.5 Å². The second kappa shape index (κ2) is 7.66. The molecule has 1 aliphatic rings. The zero-order valence-electron chi connectivity index (χ0n) is 13.7. The zero-order chi connectivity index (χ0) is 15.2. The first-order valence-corrected chi connectivity index (χ1v) is 7.84. The lowest BCUT2D eigenvalue weighted by atomic mass is 9.99. The van der Waals surface area contributed by atoms with Crippen LogP contribution in [-0.4, -0.2) is 45.3 Å². The maximum Gasteiger partial charge on any atom is 0.161 e. The Hall–Kier alpha value is -1.26. The third kappa shape index (κ3) is 4.11. The van der Waals surface area contributed by atoms with Crippen LogP contribution >= 0.6 is 0 Å². The average Bonchev–Trinajstić information content (AvgIpc) is 2.53. The van der Waals surface area contributed by atoms with Gasteiger partial charge in [0.15, 0.2) is 11.5 Å². The van der Waals surface area contributed by atoms with E-state index >= 15 is 0 Å². The minimum atomic E-state index is 0.373. The van der Waals surface area contributed by atoms with Crippen LogP contribution in [0.15, 0.2) is 18.2 Å². The monoisotopic (exact) mass is 292 g/mol. The number of piperidine rings is 1. The lowest BCUT2D eigenvalue weighted by molar-refractivity contribution is 0.223. The van der Waals surface area contributed by atoms with Gasteiger partial charge in [0.1, 0.15) is 0 Å². The van der Waals surface area contributed by atoms with E-state index in [9.17, 15) is 0 Å². The van der Waals surface area contributed by atoms with Gasteiger partial charge >= 0.3 is 0 Å². The Balaban J connectivity index is 2.06. The van der Waals surface area contributed by atoms with Gasteiger partial charge in [0, 0.05) is 12.1 Å². The number of ether oxygens (including phenoxy) is 2. The molecule has 118 valence electrons. The van der Waals surface area contributed by atoms with E-state index in [1.165, 1.54) is 31.5 Å². The minimum absolute atomic E-state index is 0.373. The van der Waals surface area contributed by atoms with Crippen molar-refractivity contribution in [2.75, 3.05) is 34.4 Å². The molecule has 0 spiro atoms. The molecule has 1 unspecified atom stereocenters. The van der Waals surface area contributed by atoms with Crippen LogP contribution in [0.4, 0.5) is 0 Å². The molecule has 1 saturated heterocycles. The van der Waals surface area contributed by atoms with Crippen LogP contribution in [0.3, 0.4) is 0 Å². The first-order chi connectivity index (χ1) is 10.2. The molecule has 1 N–H and O–H groups in total. The molecule has 1 heterocycles. The van der Waals surface area contributed by atoms with Crippen LogP contribution < -0.4 is 14.8 Å². The molecule has 4 heteroatoms. The Morgan fingerprint density at radius 3 is 2.43 bits per heavy atom. The van der Waals surface area contributed by atoms with Crippen molar-refractivity contribution >= 4 is 0 Å². The van der Waals surface area contributed by atoms with Crippen molar-refractivity contribution in [3.63, 3.8) is 0 Å². The molecule has 2 rings (SSSR count). The summed E-state index contributed by atoms with van der Waals surface area (Å²) < 4.78 is 10.7. The molecular formula is C17H28N2O2. The van der Waals surface area contributed by atoms with Gasteiger partial charge in [0.05, 0.1) is 14.2 Å². The van der Waals surface area contributed by atoms with E-state index < -0.39 is 0 Å². The van der Waals surface area contributed by atoms with Crippen LogP contribution in [0.25, 0.3) is 0 Å². The van der Waals surface area contributed by atoms with E-state index in [1.54, 1.807) is 14.2 Å². The molecule has 1 atom stereocenters. The summed E-state index contributed by atoms with van der Waals surface area (Å²) in [5, 5.41) is 3.81. The van der Waals surface area contributed by atoms with Crippen LogP contribution in [0.1, 0.15) is 37.8 Å². The van der Waals surface area contributed by atoms with E-state index in [0.29, 0.717) is 12.1 Å². The Bertz CT molecular complexity index is 442. The van der Waals surface area contributed by atoms with Gasteiger partial charge in [-0.25, -0.2) is 0 Å². The predicted molar refractivity (Wildman–Crippen MR) is 86.2 cm³/mol. The first-order valence-electron chi connectivity index (χ1n) is 7.84. The molecule has 0 bridgehead atoms. The molecule has 0 aliphatic carbocycles. The second-order valence-corrected chi connectivity index (χ2v) is 5.82. The number of hydrogen-bond acceptors (Lipinski definition) is 4. The summed E-state index contributed by atoms with van der Waals surface area (Å²) in [6.07, 6.45) is 3.52. The molecular weight excluding hydrogens is 264 g/mol. The van der Waals surface area contributed by atoms with Crippen LogP contribution in [-0.2, 0) is 0 Å². The number of nitrogens with zero attached hydrogens (tertiary/aromatic N) is 1. The molecule has 1 aromatic rings. The molecule has 1 aromatic carbocycles. The highest BCUT2D eigenvalue weighted by atomic mass is 16.5. The average molecular weight is 292 g/mol. The smallest absolute Gasteiger partial charge is 0.161 e. The van der Waals surface area contributed by atoms with E-state index in [-0.39, 0.29) is 0 Å². The second-order valence-electron chi connectivity index (χ2n) is 5.82. The predicted octanol–water partition coefficient (Wildman–Crippen LogP) is 2.84. The maximum atomic E-state index is 5.42. The molecule has 1 fully saturated rings. The van der Waals surface area contributed by atoms with Crippen molar-refractivity contribution < 1.29 is 9.47 Å². The quantitative estimate of drug-likeness (QED) is 0.874. The molecule has 0 amide bonds. The van der Waals surface area contributed by atoms with Crippen LogP contribution in [0.2, 0.25) is 0 Å². The van der Waals surface area contributed by atoms with Crippen LogP contribution in [0.5, 0.6) is 11.5 Å². The van der Waals surface area contributed by atoms with Gasteiger partial charge in [-0.05, 0) is 57.1 Å². The molecule has 21 heavy (non-hydrogen) atoms. The normalized spacial score (nSPS) is 18.5. The fraction of sp³-hybridized carbons (Fsp3) is 0.647. The molecule has 4 nitrogen and oxygen atoms in total. The largest absolute Gasteiger partial charge is 0.493 e. The van der Waals surface area contributed by atoms with Crippen molar-refractivity contribution in [2.45, 2.75) is 38.3 Å². The Kier molecular flexibility index (Phi) is 5.88. The lowest BCUT2D eigenvalue weighted by Gasteiger charge is -2.32. The Morgan fingerprint density at radius 2 is 1.86 bits per heavy atom. The van der Waals surface area contributed by atoms with Gasteiger partial charge in [-0.3, -0.25) is 0 Å². The van der Waals surface area contributed by atoms with Crippen LogP contribution in [0, 0.1) is 0 Å². The third-order valence-corrected chi connectivity index (χ3v) is 4.37. The third-order valence-electron chi connectivity index (χ3n) is 4.37. The van der Waals surface area contributed by atoms with Crippen molar-refractivity contribution in [3.05, 3.63) is 23.8 Å². The number of hydrogen-bond donors (Lipinski definition) is 1. The number of benzene rings is 1. The highest BCUT2D eigenvalue weighted by Crippen LogP contribution is 2.31. The number of nitrogens with one attached hydrogen (secondary N) is 1. The van der Waals surface area contributed by atoms with E-state index in [0.717, 1.165) is 17.9 Å². The molecule has 0 saturated carbocycles. The summed E-state index contributed by atoms with van der Waals surface area (Å²) in [4.78, 5) is 2.40. The van der Waals surface area contributed by atoms with Gasteiger partial charge in [0.2, 0.25) is 0 Å². The SMILES string of the molecule is CCC(NC1CCN(C)CC1)c1ccc(OC)c(OC)c1. The van der Waals surface area contributed by atoms with Crippen molar-refractivity contribution in [1.29, 1.82) is 0 Å². The minimum Gasteiger partial charge on any atom is -0.493 e. The summed E-state index contributed by atoms with van der Waals surface area (Å²) in [6, 6.07) is 7.21. The summed E-state index contributed by atoms with van der Waals surface area (Å²) in [5.74, 6) is 1.59. The maximum absolute atomic E-state index is 5.42. The fourth-order valence-corrected chi connectivity index (χ4v) is 2.98. The number of rotatable bonds is 6. The van der Waals surface area contributed by atoms with Gasteiger partial charge in [0.25, 0.3) is 0 Å². The summed E-state index contributed by atoms with van der Waals surface area (Å²) in [7, 11) is 5.56. The molecule has 0 radical (unpaired) electrons. The van der Waals surface area contributed by atoms with Crippen molar-refractivity contribution in [1.82, 2.24) is 10.2 Å².